The van der Waals surface area contributed by atoms with Gasteiger partial charge < -0.3 is 20.3 Å². The second kappa shape index (κ2) is 11.4. The molecule has 0 aliphatic carbocycles. The van der Waals surface area contributed by atoms with Crippen molar-refractivity contribution in [1.82, 2.24) is 5.32 Å². The second-order valence-corrected chi connectivity index (χ2v) is 7.56. The first-order valence-electron chi connectivity index (χ1n) is 10.8. The van der Waals surface area contributed by atoms with Gasteiger partial charge in [-0.3, -0.25) is 9.59 Å². The van der Waals surface area contributed by atoms with Gasteiger partial charge in [0.25, 0.3) is 5.91 Å². The fraction of sp³-hybridized carbons (Fsp3) is 0.417. The molecular weight excluding hydrogens is 378 g/mol. The molecule has 2 aromatic rings. The van der Waals surface area contributed by atoms with Crippen molar-refractivity contribution >= 4 is 23.2 Å². The number of piperidine rings is 1. The van der Waals surface area contributed by atoms with Crippen LogP contribution < -0.4 is 15.5 Å². The van der Waals surface area contributed by atoms with Crippen LogP contribution in [-0.2, 0) is 16.1 Å². The average Bonchev–Trinajstić information content (AvgIpc) is 2.78. The maximum absolute atomic E-state index is 12.8. The number of carbonyl (C=O) groups is 2. The van der Waals surface area contributed by atoms with Gasteiger partial charge in [-0.25, -0.2) is 0 Å². The summed E-state index contributed by atoms with van der Waals surface area (Å²) in [5.41, 5.74) is 3.16. The number of benzene rings is 2. The normalized spacial score (nSPS) is 13.7. The van der Waals surface area contributed by atoms with Crippen molar-refractivity contribution in [2.75, 3.05) is 36.5 Å². The minimum atomic E-state index is -0.239. The Morgan fingerprint density at radius 1 is 1.03 bits per heavy atom. The number of amides is 2. The summed E-state index contributed by atoms with van der Waals surface area (Å²) in [5.74, 6) is -0.342. The van der Waals surface area contributed by atoms with Gasteiger partial charge in [-0.2, -0.15) is 0 Å². The van der Waals surface area contributed by atoms with E-state index in [-0.39, 0.29) is 18.4 Å². The van der Waals surface area contributed by atoms with Crippen LogP contribution in [0, 0.1) is 0 Å². The highest BCUT2D eigenvalue weighted by Gasteiger charge is 2.19. The number of nitrogens with zero attached hydrogens (tertiary/aromatic N) is 1. The van der Waals surface area contributed by atoms with Crippen LogP contribution in [0.25, 0.3) is 0 Å². The molecule has 0 unspecified atom stereocenters. The van der Waals surface area contributed by atoms with Gasteiger partial charge in [0.05, 0.1) is 12.2 Å². The maximum Gasteiger partial charge on any atom is 0.253 e. The SMILES string of the molecule is CCCNC(=O)c1cc(NC(=O)COCc2ccccc2)ccc1N1CCCCC1. The Hall–Kier alpha value is -2.86. The second-order valence-electron chi connectivity index (χ2n) is 7.56. The van der Waals surface area contributed by atoms with Gasteiger partial charge in [-0.1, -0.05) is 37.3 Å². The molecule has 0 aromatic heterocycles. The summed E-state index contributed by atoms with van der Waals surface area (Å²) in [6.45, 7) is 4.90. The third kappa shape index (κ3) is 6.32. The van der Waals surface area contributed by atoms with E-state index in [2.05, 4.69) is 15.5 Å². The van der Waals surface area contributed by atoms with E-state index in [9.17, 15) is 9.59 Å². The summed E-state index contributed by atoms with van der Waals surface area (Å²) < 4.78 is 5.50. The van der Waals surface area contributed by atoms with E-state index in [1.54, 1.807) is 6.07 Å². The maximum atomic E-state index is 12.8. The molecule has 1 heterocycles. The highest BCUT2D eigenvalue weighted by Crippen LogP contribution is 2.27. The summed E-state index contributed by atoms with van der Waals surface area (Å²) in [5, 5.41) is 5.81. The monoisotopic (exact) mass is 409 g/mol. The van der Waals surface area contributed by atoms with Crippen molar-refractivity contribution in [3.63, 3.8) is 0 Å². The van der Waals surface area contributed by atoms with Gasteiger partial charge in [0.1, 0.15) is 6.61 Å². The Labute approximate surface area is 178 Å². The van der Waals surface area contributed by atoms with E-state index in [0.717, 1.165) is 43.6 Å². The first-order chi connectivity index (χ1) is 14.7. The molecule has 1 fully saturated rings. The summed E-state index contributed by atoms with van der Waals surface area (Å²) in [7, 11) is 0. The molecule has 3 rings (SSSR count). The van der Waals surface area contributed by atoms with Crippen LogP contribution in [0.5, 0.6) is 0 Å². The van der Waals surface area contributed by atoms with E-state index in [4.69, 9.17) is 4.74 Å². The summed E-state index contributed by atoms with van der Waals surface area (Å²) in [6.07, 6.45) is 4.37. The molecule has 0 bridgehead atoms. The van der Waals surface area contributed by atoms with Gasteiger partial charge in [0.15, 0.2) is 0 Å². The molecule has 1 saturated heterocycles. The van der Waals surface area contributed by atoms with E-state index >= 15 is 0 Å². The Morgan fingerprint density at radius 2 is 1.80 bits per heavy atom. The first-order valence-corrected chi connectivity index (χ1v) is 10.8. The van der Waals surface area contributed by atoms with Crippen molar-refractivity contribution < 1.29 is 14.3 Å². The quantitative estimate of drug-likeness (QED) is 0.657. The topological polar surface area (TPSA) is 70.7 Å². The molecule has 0 radical (unpaired) electrons. The zero-order chi connectivity index (χ0) is 21.2. The minimum absolute atomic E-state index is 0.0415. The van der Waals surface area contributed by atoms with E-state index in [1.165, 1.54) is 6.42 Å². The lowest BCUT2D eigenvalue weighted by atomic mass is 10.1. The number of carbonyl (C=O) groups excluding carboxylic acids is 2. The van der Waals surface area contributed by atoms with Gasteiger partial charge in [-0.05, 0) is 49.4 Å². The van der Waals surface area contributed by atoms with Gasteiger partial charge in [-0.15, -0.1) is 0 Å². The van der Waals surface area contributed by atoms with Crippen LogP contribution in [0.2, 0.25) is 0 Å². The molecule has 0 atom stereocenters. The van der Waals surface area contributed by atoms with Gasteiger partial charge in [0, 0.05) is 31.0 Å². The van der Waals surface area contributed by atoms with E-state index < -0.39 is 0 Å². The van der Waals surface area contributed by atoms with Crippen LogP contribution in [-0.4, -0.2) is 38.1 Å². The van der Waals surface area contributed by atoms with Crippen LogP contribution in [0.1, 0.15) is 48.5 Å². The molecule has 30 heavy (non-hydrogen) atoms. The fourth-order valence-electron chi connectivity index (χ4n) is 3.57. The van der Waals surface area contributed by atoms with E-state index in [0.29, 0.717) is 24.4 Å². The van der Waals surface area contributed by atoms with Crippen molar-refractivity contribution in [3.8, 4) is 0 Å². The summed E-state index contributed by atoms with van der Waals surface area (Å²) in [6, 6.07) is 15.3. The van der Waals surface area contributed by atoms with Gasteiger partial charge >= 0.3 is 0 Å². The number of ether oxygens (including phenoxy) is 1. The Bertz CT molecular complexity index is 833. The third-order valence-electron chi connectivity index (χ3n) is 5.10. The first kappa shape index (κ1) is 21.8. The molecule has 0 saturated carbocycles. The Kier molecular flexibility index (Phi) is 8.27. The smallest absolute Gasteiger partial charge is 0.253 e. The summed E-state index contributed by atoms with van der Waals surface area (Å²) >= 11 is 0. The minimum Gasteiger partial charge on any atom is -0.371 e. The van der Waals surface area contributed by atoms with Crippen molar-refractivity contribution in [1.29, 1.82) is 0 Å². The van der Waals surface area contributed by atoms with Crippen molar-refractivity contribution in [2.24, 2.45) is 0 Å². The van der Waals surface area contributed by atoms with Crippen LogP contribution in [0.15, 0.2) is 48.5 Å². The van der Waals surface area contributed by atoms with Crippen LogP contribution >= 0.6 is 0 Å². The molecule has 160 valence electrons. The number of anilines is 2. The molecular formula is C24H31N3O3. The molecule has 1 aliphatic rings. The fourth-order valence-corrected chi connectivity index (χ4v) is 3.57. The standard InChI is InChI=1S/C24H31N3O3/c1-2-13-25-24(29)21-16-20(11-12-22(21)27-14-7-4-8-15-27)26-23(28)18-30-17-19-9-5-3-6-10-19/h3,5-6,9-12,16H,2,4,7-8,13-15,17-18H2,1H3,(H,25,29)(H,26,28). The largest absolute Gasteiger partial charge is 0.371 e. The Balaban J connectivity index is 1.65. The van der Waals surface area contributed by atoms with Gasteiger partial charge in [0.2, 0.25) is 5.91 Å². The Morgan fingerprint density at radius 3 is 2.53 bits per heavy atom. The van der Waals surface area contributed by atoms with Crippen LogP contribution in [0.3, 0.4) is 0 Å². The molecule has 2 aromatic carbocycles. The highest BCUT2D eigenvalue weighted by atomic mass is 16.5. The zero-order valence-electron chi connectivity index (χ0n) is 17.7. The lowest BCUT2D eigenvalue weighted by Gasteiger charge is -2.30. The number of nitrogens with one attached hydrogen (secondary N) is 2. The third-order valence-corrected chi connectivity index (χ3v) is 5.10. The number of hydrogen-bond acceptors (Lipinski definition) is 4. The zero-order valence-corrected chi connectivity index (χ0v) is 17.7. The number of hydrogen-bond donors (Lipinski definition) is 2. The molecule has 6 heteroatoms. The van der Waals surface area contributed by atoms with Crippen molar-refractivity contribution in [3.05, 3.63) is 59.7 Å². The van der Waals surface area contributed by atoms with Crippen LogP contribution in [0.4, 0.5) is 11.4 Å². The predicted molar refractivity (Wildman–Crippen MR) is 120 cm³/mol. The molecule has 6 nitrogen and oxygen atoms in total. The number of rotatable bonds is 9. The molecule has 0 spiro atoms. The highest BCUT2D eigenvalue weighted by molar-refractivity contribution is 6.02. The lowest BCUT2D eigenvalue weighted by molar-refractivity contribution is -0.121. The van der Waals surface area contributed by atoms with Crippen molar-refractivity contribution in [2.45, 2.75) is 39.2 Å². The summed E-state index contributed by atoms with van der Waals surface area (Å²) in [4.78, 5) is 27.3. The predicted octanol–water partition coefficient (Wildman–Crippen LogP) is 3.97. The molecule has 2 amide bonds. The lowest BCUT2D eigenvalue weighted by Crippen LogP contribution is -2.33. The molecule has 1 aliphatic heterocycles. The van der Waals surface area contributed by atoms with E-state index in [1.807, 2.05) is 49.4 Å². The average molecular weight is 410 g/mol. The molecule has 2 N–H and O–H groups in total.